The number of rotatable bonds is 4. The van der Waals surface area contributed by atoms with Gasteiger partial charge in [0.05, 0.1) is 6.61 Å². The van der Waals surface area contributed by atoms with Gasteiger partial charge < -0.3 is 4.74 Å². The van der Waals surface area contributed by atoms with Crippen LogP contribution in [0.1, 0.15) is 30.9 Å². The van der Waals surface area contributed by atoms with Gasteiger partial charge in [0, 0.05) is 5.56 Å². The van der Waals surface area contributed by atoms with E-state index in [9.17, 15) is 4.39 Å². The third kappa shape index (κ3) is 2.49. The molecule has 15 heavy (non-hydrogen) atoms. The molecule has 0 unspecified atom stereocenters. The molecule has 82 valence electrons. The Kier molecular flexibility index (Phi) is 2.94. The molecule has 0 atom stereocenters. The summed E-state index contributed by atoms with van der Waals surface area (Å²) < 4.78 is 19.1. The fraction of sp³-hybridized carbons (Fsp3) is 0.538. The van der Waals surface area contributed by atoms with Crippen molar-refractivity contribution in [2.24, 2.45) is 5.92 Å². The van der Waals surface area contributed by atoms with Crippen LogP contribution in [-0.2, 0) is 6.42 Å². The SMILES string of the molecule is CCc1cc(F)c(C)c(OCC2CC2)c1. The maximum Gasteiger partial charge on any atom is 0.130 e. The first-order chi connectivity index (χ1) is 7.20. The molecule has 0 N–H and O–H groups in total. The van der Waals surface area contributed by atoms with Crippen LogP contribution < -0.4 is 4.74 Å². The Morgan fingerprint density at radius 2 is 2.13 bits per heavy atom. The van der Waals surface area contributed by atoms with Crippen molar-refractivity contribution >= 4 is 0 Å². The summed E-state index contributed by atoms with van der Waals surface area (Å²) in [6.07, 6.45) is 3.36. The summed E-state index contributed by atoms with van der Waals surface area (Å²) in [4.78, 5) is 0. The smallest absolute Gasteiger partial charge is 0.130 e. The van der Waals surface area contributed by atoms with E-state index in [-0.39, 0.29) is 5.82 Å². The molecule has 2 heteroatoms. The maximum absolute atomic E-state index is 13.5. The average Bonchev–Trinajstić information content (AvgIpc) is 3.03. The third-order valence-electron chi connectivity index (χ3n) is 2.94. The molecule has 0 saturated heterocycles. The van der Waals surface area contributed by atoms with Crippen LogP contribution >= 0.6 is 0 Å². The van der Waals surface area contributed by atoms with Crippen LogP contribution in [0.25, 0.3) is 0 Å². The molecule has 1 nitrogen and oxygen atoms in total. The first kappa shape index (κ1) is 10.5. The maximum atomic E-state index is 13.5. The van der Waals surface area contributed by atoms with Crippen LogP contribution in [-0.4, -0.2) is 6.61 Å². The zero-order chi connectivity index (χ0) is 10.8. The first-order valence-corrected chi connectivity index (χ1v) is 5.62. The summed E-state index contributed by atoms with van der Waals surface area (Å²) in [7, 11) is 0. The zero-order valence-electron chi connectivity index (χ0n) is 9.35. The van der Waals surface area contributed by atoms with Crippen molar-refractivity contribution in [3.63, 3.8) is 0 Å². The van der Waals surface area contributed by atoms with Gasteiger partial charge in [-0.05, 0) is 49.8 Å². The van der Waals surface area contributed by atoms with Crippen LogP contribution in [0, 0.1) is 18.7 Å². The lowest BCUT2D eigenvalue weighted by atomic mass is 10.1. The quantitative estimate of drug-likeness (QED) is 0.736. The van der Waals surface area contributed by atoms with Gasteiger partial charge in [-0.3, -0.25) is 0 Å². The Morgan fingerprint density at radius 1 is 1.40 bits per heavy atom. The van der Waals surface area contributed by atoms with Crippen LogP contribution in [0.5, 0.6) is 5.75 Å². The fourth-order valence-electron chi connectivity index (χ4n) is 1.55. The van der Waals surface area contributed by atoms with Crippen LogP contribution in [0.4, 0.5) is 4.39 Å². The number of hydrogen-bond donors (Lipinski definition) is 0. The van der Waals surface area contributed by atoms with E-state index in [1.807, 2.05) is 13.0 Å². The van der Waals surface area contributed by atoms with E-state index < -0.39 is 0 Å². The normalized spacial score (nSPS) is 15.4. The predicted octanol–water partition coefficient (Wildman–Crippen LogP) is 3.49. The molecule has 0 amide bonds. The molecular formula is C13H17FO. The minimum atomic E-state index is -0.153. The van der Waals surface area contributed by atoms with Crippen LogP contribution in [0.3, 0.4) is 0 Å². The first-order valence-electron chi connectivity index (χ1n) is 5.62. The molecule has 0 heterocycles. The average molecular weight is 208 g/mol. The molecule has 0 aromatic heterocycles. The van der Waals surface area contributed by atoms with Gasteiger partial charge >= 0.3 is 0 Å². The van der Waals surface area contributed by atoms with Gasteiger partial charge in [0.25, 0.3) is 0 Å². The van der Waals surface area contributed by atoms with Crippen molar-refractivity contribution in [2.75, 3.05) is 6.61 Å². The number of benzene rings is 1. The molecule has 1 saturated carbocycles. The molecule has 0 bridgehead atoms. The molecule has 1 aliphatic rings. The van der Waals surface area contributed by atoms with E-state index in [1.165, 1.54) is 12.8 Å². The minimum Gasteiger partial charge on any atom is -0.493 e. The number of halogens is 1. The number of ether oxygens (including phenoxy) is 1. The highest BCUT2D eigenvalue weighted by atomic mass is 19.1. The highest BCUT2D eigenvalue weighted by Gasteiger charge is 2.22. The Labute approximate surface area is 90.3 Å². The molecule has 0 radical (unpaired) electrons. The lowest BCUT2D eigenvalue weighted by Gasteiger charge is -2.11. The molecule has 0 aliphatic heterocycles. The summed E-state index contributed by atoms with van der Waals surface area (Å²) in [5.41, 5.74) is 1.64. The molecular weight excluding hydrogens is 191 g/mol. The molecule has 1 aliphatic carbocycles. The van der Waals surface area contributed by atoms with E-state index in [1.54, 1.807) is 13.0 Å². The second-order valence-corrected chi connectivity index (χ2v) is 4.31. The minimum absolute atomic E-state index is 0.153. The molecule has 1 aromatic rings. The second kappa shape index (κ2) is 4.21. The summed E-state index contributed by atoms with van der Waals surface area (Å²) in [5, 5.41) is 0. The van der Waals surface area contributed by atoms with Crippen molar-refractivity contribution in [2.45, 2.75) is 33.1 Å². The van der Waals surface area contributed by atoms with Gasteiger partial charge in [0.2, 0.25) is 0 Å². The van der Waals surface area contributed by atoms with E-state index in [0.717, 1.165) is 24.3 Å². The second-order valence-electron chi connectivity index (χ2n) is 4.31. The monoisotopic (exact) mass is 208 g/mol. The van der Waals surface area contributed by atoms with Gasteiger partial charge in [-0.1, -0.05) is 6.92 Å². The highest BCUT2D eigenvalue weighted by molar-refractivity contribution is 5.37. The lowest BCUT2D eigenvalue weighted by molar-refractivity contribution is 0.295. The zero-order valence-corrected chi connectivity index (χ0v) is 9.35. The van der Waals surface area contributed by atoms with E-state index in [2.05, 4.69) is 0 Å². The number of aryl methyl sites for hydroxylation is 1. The van der Waals surface area contributed by atoms with E-state index >= 15 is 0 Å². The largest absolute Gasteiger partial charge is 0.493 e. The van der Waals surface area contributed by atoms with Gasteiger partial charge in [-0.25, -0.2) is 4.39 Å². The van der Waals surface area contributed by atoms with Crippen molar-refractivity contribution in [3.05, 3.63) is 29.1 Å². The van der Waals surface area contributed by atoms with Gasteiger partial charge in [-0.2, -0.15) is 0 Å². The van der Waals surface area contributed by atoms with E-state index in [4.69, 9.17) is 4.74 Å². The Morgan fingerprint density at radius 3 is 2.73 bits per heavy atom. The van der Waals surface area contributed by atoms with Crippen LogP contribution in [0.2, 0.25) is 0 Å². The Balaban J connectivity index is 2.15. The van der Waals surface area contributed by atoms with Gasteiger partial charge in [0.1, 0.15) is 11.6 Å². The van der Waals surface area contributed by atoms with Gasteiger partial charge in [0.15, 0.2) is 0 Å². The molecule has 2 rings (SSSR count). The van der Waals surface area contributed by atoms with Crippen molar-refractivity contribution in [1.29, 1.82) is 0 Å². The van der Waals surface area contributed by atoms with Crippen molar-refractivity contribution < 1.29 is 9.13 Å². The predicted molar refractivity (Wildman–Crippen MR) is 58.7 cm³/mol. The van der Waals surface area contributed by atoms with Crippen LogP contribution in [0.15, 0.2) is 12.1 Å². The fourth-order valence-corrected chi connectivity index (χ4v) is 1.55. The third-order valence-corrected chi connectivity index (χ3v) is 2.94. The molecule has 0 spiro atoms. The summed E-state index contributed by atoms with van der Waals surface area (Å²) >= 11 is 0. The standard InChI is InChI=1S/C13H17FO/c1-3-10-6-12(14)9(2)13(7-10)15-8-11-4-5-11/h6-7,11H,3-5,8H2,1-2H3. The lowest BCUT2D eigenvalue weighted by Crippen LogP contribution is -2.02. The van der Waals surface area contributed by atoms with Crippen molar-refractivity contribution in [3.8, 4) is 5.75 Å². The molecule has 1 aromatic carbocycles. The summed E-state index contributed by atoms with van der Waals surface area (Å²) in [6, 6.07) is 3.56. The Hall–Kier alpha value is -1.05. The molecule has 1 fully saturated rings. The highest BCUT2D eigenvalue weighted by Crippen LogP contribution is 2.31. The topological polar surface area (TPSA) is 9.23 Å². The van der Waals surface area contributed by atoms with E-state index in [0.29, 0.717) is 11.5 Å². The summed E-state index contributed by atoms with van der Waals surface area (Å²) in [6.45, 7) is 4.54. The Bertz CT molecular complexity index is 356. The van der Waals surface area contributed by atoms with Crippen molar-refractivity contribution in [1.82, 2.24) is 0 Å². The van der Waals surface area contributed by atoms with Gasteiger partial charge in [-0.15, -0.1) is 0 Å². The number of hydrogen-bond acceptors (Lipinski definition) is 1. The summed E-state index contributed by atoms with van der Waals surface area (Å²) in [5.74, 6) is 1.27.